The number of fused-ring (bicyclic) bond motifs is 1. The molecule has 148 valence electrons. The van der Waals surface area contributed by atoms with Crippen LogP contribution in [0.1, 0.15) is 16.4 Å². The first kappa shape index (κ1) is 19.7. The highest BCUT2D eigenvalue weighted by Crippen LogP contribution is 2.32. The number of hydrogen-bond donors (Lipinski definition) is 2. The van der Waals surface area contributed by atoms with Gasteiger partial charge < -0.3 is 15.0 Å². The van der Waals surface area contributed by atoms with Gasteiger partial charge in [0.05, 0.1) is 0 Å². The molecule has 0 bridgehead atoms. The second-order valence-electron chi connectivity index (χ2n) is 6.53. The van der Waals surface area contributed by atoms with E-state index < -0.39 is 5.82 Å². The Morgan fingerprint density at radius 3 is 2.86 bits per heavy atom. The Hall–Kier alpha value is -2.64. The van der Waals surface area contributed by atoms with E-state index in [9.17, 15) is 9.18 Å². The summed E-state index contributed by atoms with van der Waals surface area (Å²) in [5.74, 6) is -0.745. The molecule has 2 N–H and O–H groups in total. The summed E-state index contributed by atoms with van der Waals surface area (Å²) in [5, 5.41) is 6.08. The highest BCUT2D eigenvalue weighted by atomic mass is 79.9. The highest BCUT2D eigenvalue weighted by Gasteiger charge is 2.20. The number of hydrogen-bond acceptors (Lipinski definition) is 3. The van der Waals surface area contributed by atoms with Gasteiger partial charge in [-0.2, -0.15) is 0 Å². The Labute approximate surface area is 179 Å². The number of halogens is 2. The number of aromatic amines is 1. The Balaban J connectivity index is 1.45. The predicted molar refractivity (Wildman–Crippen MR) is 117 cm³/mol. The van der Waals surface area contributed by atoms with Gasteiger partial charge in [-0.25, -0.2) is 4.39 Å². The molecule has 7 heteroatoms. The number of nitrogens with one attached hydrogen (secondary N) is 2. The molecule has 0 fully saturated rings. The Morgan fingerprint density at radius 2 is 2.07 bits per heavy atom. The minimum Gasteiger partial charge on any atom is -0.481 e. The Kier molecular flexibility index (Phi) is 5.97. The van der Waals surface area contributed by atoms with Crippen LogP contribution in [0.2, 0.25) is 0 Å². The quantitative estimate of drug-likeness (QED) is 0.375. The van der Waals surface area contributed by atoms with E-state index in [1.54, 1.807) is 17.4 Å². The van der Waals surface area contributed by atoms with Crippen LogP contribution in [0, 0.1) is 5.82 Å². The average Bonchev–Trinajstić information content (AvgIpc) is 3.38. The van der Waals surface area contributed by atoms with Crippen LogP contribution in [-0.2, 0) is 4.79 Å². The molecule has 4 aromatic rings. The van der Waals surface area contributed by atoms with Gasteiger partial charge in [-0.3, -0.25) is 4.79 Å². The monoisotopic (exact) mass is 472 g/mol. The molecule has 4 rings (SSSR count). The third kappa shape index (κ3) is 4.52. The summed E-state index contributed by atoms with van der Waals surface area (Å²) in [6.45, 7) is 0.178. The third-order valence-electron chi connectivity index (χ3n) is 4.64. The number of carbonyl (C=O) groups is 1. The number of para-hydroxylation sites is 1. The zero-order valence-corrected chi connectivity index (χ0v) is 17.7. The lowest BCUT2D eigenvalue weighted by Gasteiger charge is -2.16. The van der Waals surface area contributed by atoms with Gasteiger partial charge in [-0.1, -0.05) is 40.2 Å². The van der Waals surface area contributed by atoms with E-state index >= 15 is 0 Å². The fourth-order valence-corrected chi connectivity index (χ4v) is 4.42. The van der Waals surface area contributed by atoms with Gasteiger partial charge >= 0.3 is 0 Å². The molecule has 2 heterocycles. The predicted octanol–water partition coefficient (Wildman–Crippen LogP) is 5.46. The fraction of sp³-hybridized carbons (Fsp3) is 0.136. The van der Waals surface area contributed by atoms with E-state index in [0.29, 0.717) is 11.0 Å². The molecule has 0 aliphatic heterocycles. The number of thiophene rings is 1. The van der Waals surface area contributed by atoms with Crippen molar-refractivity contribution in [2.45, 2.75) is 5.92 Å². The standard InChI is InChI=1S/C22H18BrFN2O2S/c23-14-7-8-20(18(24)10-14)28-13-22(27)26-12-17(21-6-3-9-29-21)16-11-25-19-5-2-1-4-15(16)19/h1-11,17,25H,12-13H2,(H,26,27). The molecule has 2 aromatic heterocycles. The summed E-state index contributed by atoms with van der Waals surface area (Å²) in [6, 6.07) is 16.6. The summed E-state index contributed by atoms with van der Waals surface area (Å²) >= 11 is 4.85. The first-order valence-corrected chi connectivity index (χ1v) is 10.7. The van der Waals surface area contributed by atoms with Gasteiger partial charge in [0.15, 0.2) is 18.2 Å². The van der Waals surface area contributed by atoms with Gasteiger partial charge in [0.25, 0.3) is 5.91 Å². The molecule has 4 nitrogen and oxygen atoms in total. The van der Waals surface area contributed by atoms with Crippen LogP contribution >= 0.6 is 27.3 Å². The molecule has 0 saturated carbocycles. The molecule has 0 aliphatic rings. The molecule has 0 saturated heterocycles. The maximum Gasteiger partial charge on any atom is 0.257 e. The largest absolute Gasteiger partial charge is 0.481 e. The molecule has 0 radical (unpaired) electrons. The molecular formula is C22H18BrFN2O2S. The molecule has 0 spiro atoms. The van der Waals surface area contributed by atoms with Gasteiger partial charge in [0, 0.05) is 38.9 Å². The SMILES string of the molecule is O=C(COc1ccc(Br)cc1F)NCC(c1cccs1)c1c[nH]c2ccccc12. The van der Waals surface area contributed by atoms with Crippen LogP contribution in [0.25, 0.3) is 10.9 Å². The number of amides is 1. The van der Waals surface area contributed by atoms with Crippen LogP contribution in [-0.4, -0.2) is 24.0 Å². The molecular weight excluding hydrogens is 455 g/mol. The normalized spacial score (nSPS) is 12.1. The lowest BCUT2D eigenvalue weighted by atomic mass is 9.96. The zero-order valence-electron chi connectivity index (χ0n) is 15.3. The van der Waals surface area contributed by atoms with Crippen molar-refractivity contribution in [3.05, 3.63) is 86.9 Å². The maximum absolute atomic E-state index is 13.8. The summed E-state index contributed by atoms with van der Waals surface area (Å²) in [7, 11) is 0. The van der Waals surface area contributed by atoms with E-state index in [4.69, 9.17) is 4.74 Å². The number of carbonyl (C=O) groups excluding carboxylic acids is 1. The summed E-state index contributed by atoms with van der Waals surface area (Å²) < 4.78 is 19.8. The summed E-state index contributed by atoms with van der Waals surface area (Å²) in [6.07, 6.45) is 1.99. The molecule has 29 heavy (non-hydrogen) atoms. The van der Waals surface area contributed by atoms with Crippen LogP contribution in [0.3, 0.4) is 0 Å². The zero-order chi connectivity index (χ0) is 20.2. The number of H-pyrrole nitrogens is 1. The van der Waals surface area contributed by atoms with E-state index in [1.165, 1.54) is 12.1 Å². The van der Waals surface area contributed by atoms with Gasteiger partial charge in [0.2, 0.25) is 0 Å². The molecule has 1 amide bonds. The number of ether oxygens (including phenoxy) is 1. The molecule has 1 unspecified atom stereocenters. The van der Waals surface area contributed by atoms with Gasteiger partial charge in [0.1, 0.15) is 0 Å². The van der Waals surface area contributed by atoms with Crippen molar-refractivity contribution in [3.8, 4) is 5.75 Å². The lowest BCUT2D eigenvalue weighted by molar-refractivity contribution is -0.123. The van der Waals surface area contributed by atoms with Crippen LogP contribution in [0.4, 0.5) is 4.39 Å². The van der Waals surface area contributed by atoms with Gasteiger partial charge in [-0.15, -0.1) is 11.3 Å². The van der Waals surface area contributed by atoms with Crippen LogP contribution < -0.4 is 10.1 Å². The number of rotatable bonds is 7. The second kappa shape index (κ2) is 8.80. The van der Waals surface area contributed by atoms with Crippen molar-refractivity contribution in [1.82, 2.24) is 10.3 Å². The molecule has 1 atom stereocenters. The first-order valence-electron chi connectivity index (χ1n) is 9.06. The minimum atomic E-state index is -0.512. The minimum absolute atomic E-state index is 0.0134. The van der Waals surface area contributed by atoms with E-state index in [0.717, 1.165) is 21.3 Å². The third-order valence-corrected chi connectivity index (χ3v) is 6.12. The van der Waals surface area contributed by atoms with Crippen LogP contribution in [0.15, 0.2) is 70.6 Å². The van der Waals surface area contributed by atoms with Crippen molar-refractivity contribution in [2.75, 3.05) is 13.2 Å². The maximum atomic E-state index is 13.8. The summed E-state index contributed by atoms with van der Waals surface area (Å²) in [5.41, 5.74) is 2.19. The number of benzene rings is 2. The smallest absolute Gasteiger partial charge is 0.257 e. The topological polar surface area (TPSA) is 54.1 Å². The van der Waals surface area contributed by atoms with E-state index in [-0.39, 0.29) is 24.2 Å². The first-order chi connectivity index (χ1) is 14.1. The fourth-order valence-electron chi connectivity index (χ4n) is 3.24. The van der Waals surface area contributed by atoms with E-state index in [1.807, 2.05) is 35.8 Å². The van der Waals surface area contributed by atoms with Crippen molar-refractivity contribution in [1.29, 1.82) is 0 Å². The van der Waals surface area contributed by atoms with Crippen molar-refractivity contribution in [2.24, 2.45) is 0 Å². The molecule has 2 aromatic carbocycles. The van der Waals surface area contributed by atoms with E-state index in [2.05, 4.69) is 38.4 Å². The Morgan fingerprint density at radius 1 is 1.21 bits per heavy atom. The molecule has 0 aliphatic carbocycles. The van der Waals surface area contributed by atoms with Crippen molar-refractivity contribution >= 4 is 44.1 Å². The second-order valence-corrected chi connectivity index (χ2v) is 8.42. The number of aromatic nitrogens is 1. The lowest BCUT2D eigenvalue weighted by Crippen LogP contribution is -2.32. The highest BCUT2D eigenvalue weighted by molar-refractivity contribution is 9.10. The van der Waals surface area contributed by atoms with Crippen molar-refractivity contribution < 1.29 is 13.9 Å². The van der Waals surface area contributed by atoms with Crippen LogP contribution in [0.5, 0.6) is 5.75 Å². The van der Waals surface area contributed by atoms with Crippen molar-refractivity contribution in [3.63, 3.8) is 0 Å². The Bertz CT molecular complexity index is 1130. The summed E-state index contributed by atoms with van der Waals surface area (Å²) in [4.78, 5) is 16.8. The van der Waals surface area contributed by atoms with Gasteiger partial charge in [-0.05, 0) is 41.3 Å². The average molecular weight is 473 g/mol.